The second kappa shape index (κ2) is 13.4. The summed E-state index contributed by atoms with van der Waals surface area (Å²) < 4.78 is 116. The quantitative estimate of drug-likeness (QED) is 0.0838. The zero-order chi connectivity index (χ0) is 39.8. The summed E-state index contributed by atoms with van der Waals surface area (Å²) in [4.78, 5) is 0.599. The standard InChI is InChI=1S/C39H38N2O10S3/c1-21-15-22(2)37(23(3)16-21)40(7)27-13-14-28-32(18-27)51-33-20-31(41(8)38-24(4)17-25(5)39(26(38)6)54(48,49)50)35(53(45,46)47)19-30(33)36(28)29-11-9-10-12-34(29)52(42,43)44/h9-20H,1-8H3,(H2-,42,43,44,45,46,47,48,49,50)/p+1. The van der Waals surface area contributed by atoms with Crippen LogP contribution in [0.15, 0.2) is 91.9 Å². The third kappa shape index (κ3) is 6.83. The van der Waals surface area contributed by atoms with E-state index in [1.54, 1.807) is 25.1 Å². The van der Waals surface area contributed by atoms with Gasteiger partial charge in [-0.15, -0.1) is 0 Å². The summed E-state index contributed by atoms with van der Waals surface area (Å²) in [5.74, 6) is 0.0665. The van der Waals surface area contributed by atoms with Crippen LogP contribution in [0, 0.1) is 41.5 Å². The van der Waals surface area contributed by atoms with Crippen LogP contribution in [0.1, 0.15) is 33.4 Å². The highest BCUT2D eigenvalue weighted by Gasteiger charge is 2.31. The average molecular weight is 792 g/mol. The Morgan fingerprint density at radius 3 is 1.85 bits per heavy atom. The third-order valence-corrected chi connectivity index (χ3v) is 12.6. The number of fused-ring (bicyclic) bond motifs is 2. The van der Waals surface area contributed by atoms with Crippen LogP contribution in [0.5, 0.6) is 0 Å². The second-order valence-corrected chi connectivity index (χ2v) is 17.7. The van der Waals surface area contributed by atoms with Crippen molar-refractivity contribution < 1.29 is 43.3 Å². The van der Waals surface area contributed by atoms with Crippen molar-refractivity contribution in [3.8, 4) is 22.5 Å². The van der Waals surface area contributed by atoms with Crippen molar-refractivity contribution in [1.29, 1.82) is 0 Å². The Bertz CT molecular complexity index is 2930. The van der Waals surface area contributed by atoms with Crippen molar-refractivity contribution in [3.05, 3.63) is 112 Å². The van der Waals surface area contributed by atoms with E-state index < -0.39 is 40.1 Å². The van der Waals surface area contributed by atoms with Crippen molar-refractivity contribution in [1.82, 2.24) is 4.58 Å². The molecule has 0 radical (unpaired) electrons. The molecule has 0 bridgehead atoms. The van der Waals surface area contributed by atoms with Crippen molar-refractivity contribution in [2.45, 2.75) is 56.2 Å². The first-order valence-corrected chi connectivity index (χ1v) is 20.9. The van der Waals surface area contributed by atoms with Gasteiger partial charge in [0.05, 0.1) is 6.07 Å². The molecule has 282 valence electrons. The minimum atomic E-state index is -5.03. The van der Waals surface area contributed by atoms with E-state index in [2.05, 4.69) is 12.1 Å². The summed E-state index contributed by atoms with van der Waals surface area (Å²) in [6.45, 7) is 10.7. The predicted molar refractivity (Wildman–Crippen MR) is 208 cm³/mol. The van der Waals surface area contributed by atoms with Crippen LogP contribution in [0.4, 0.5) is 17.1 Å². The fourth-order valence-electron chi connectivity index (χ4n) is 7.78. The normalized spacial score (nSPS) is 13.1. The molecule has 0 saturated carbocycles. The Kier molecular flexibility index (Phi) is 9.66. The number of nitrogens with zero attached hydrogens (tertiary/aromatic N) is 2. The summed E-state index contributed by atoms with van der Waals surface area (Å²) in [6.07, 6.45) is 0. The first-order valence-electron chi connectivity index (χ1n) is 16.6. The molecule has 1 aliphatic carbocycles. The van der Waals surface area contributed by atoms with Gasteiger partial charge in [0.2, 0.25) is 11.0 Å². The van der Waals surface area contributed by atoms with Gasteiger partial charge in [0.15, 0.2) is 4.90 Å². The molecule has 6 rings (SSSR count). The summed E-state index contributed by atoms with van der Waals surface area (Å²) in [7, 11) is -11.1. The van der Waals surface area contributed by atoms with E-state index in [-0.39, 0.29) is 55.1 Å². The Morgan fingerprint density at radius 2 is 1.26 bits per heavy atom. The zero-order valence-electron chi connectivity index (χ0n) is 30.7. The number of aryl methyl sites for hydroxylation is 5. The van der Waals surface area contributed by atoms with Crippen LogP contribution >= 0.6 is 0 Å². The molecule has 1 aliphatic heterocycles. The number of hydrogen-bond donors (Lipinski definition) is 3. The van der Waals surface area contributed by atoms with Gasteiger partial charge < -0.3 is 9.32 Å². The highest BCUT2D eigenvalue weighted by Crippen LogP contribution is 2.44. The van der Waals surface area contributed by atoms with Gasteiger partial charge in [-0.05, 0) is 88.6 Å². The molecule has 0 fully saturated rings. The Hall–Kier alpha value is -4.90. The minimum absolute atomic E-state index is 0.0440. The Morgan fingerprint density at radius 1 is 0.648 bits per heavy atom. The molecule has 0 spiro atoms. The van der Waals surface area contributed by atoms with E-state index in [9.17, 15) is 38.9 Å². The summed E-state index contributed by atoms with van der Waals surface area (Å²) in [5, 5.41) is 0.260. The lowest BCUT2D eigenvalue weighted by Gasteiger charge is -2.25. The smallest absolute Gasteiger partial charge is 0.301 e. The van der Waals surface area contributed by atoms with E-state index in [4.69, 9.17) is 4.42 Å². The van der Waals surface area contributed by atoms with Crippen LogP contribution in [0.2, 0.25) is 0 Å². The molecule has 3 N–H and O–H groups in total. The number of benzene rings is 5. The molecule has 54 heavy (non-hydrogen) atoms. The van der Waals surface area contributed by atoms with Crippen LogP contribution in [-0.4, -0.2) is 53.0 Å². The second-order valence-electron chi connectivity index (χ2n) is 13.6. The molecule has 0 aromatic heterocycles. The van der Waals surface area contributed by atoms with Crippen molar-refractivity contribution in [2.24, 2.45) is 0 Å². The molecule has 12 nitrogen and oxygen atoms in total. The monoisotopic (exact) mass is 791 g/mol. The van der Waals surface area contributed by atoms with Crippen molar-refractivity contribution in [2.75, 3.05) is 19.0 Å². The van der Waals surface area contributed by atoms with Crippen LogP contribution in [-0.2, 0) is 30.4 Å². The Balaban J connectivity index is 1.80. The van der Waals surface area contributed by atoms with Crippen LogP contribution in [0.3, 0.4) is 0 Å². The minimum Gasteiger partial charge on any atom is -0.456 e. The molecule has 0 atom stereocenters. The molecule has 4 aromatic rings. The zero-order valence-corrected chi connectivity index (χ0v) is 33.2. The van der Waals surface area contributed by atoms with Gasteiger partial charge in [-0.3, -0.25) is 13.7 Å². The van der Waals surface area contributed by atoms with E-state index in [0.29, 0.717) is 16.6 Å². The number of rotatable bonds is 7. The van der Waals surface area contributed by atoms with E-state index in [1.807, 2.05) is 38.8 Å². The van der Waals surface area contributed by atoms with Crippen molar-refractivity contribution in [3.63, 3.8) is 0 Å². The maximum atomic E-state index is 13.2. The SMILES string of the molecule is Cc1cc(C)c(N(C)c2ccc3c(-c4ccccc4S(=O)(=O)O)c4cc(S(=O)(=O)O)c(=[N+](C)c5c(C)cc(C)c(S(=O)(=O)O)c5C)cc-4oc3c2)c(C)c1. The summed E-state index contributed by atoms with van der Waals surface area (Å²) >= 11 is 0. The fraction of sp³-hybridized carbons (Fsp3) is 0.205. The maximum Gasteiger partial charge on any atom is 0.301 e. The third-order valence-electron chi connectivity index (χ3n) is 9.67. The fourth-order valence-corrected chi connectivity index (χ4v) is 10.2. The van der Waals surface area contributed by atoms with Gasteiger partial charge in [-0.1, -0.05) is 35.9 Å². The topological polar surface area (TPSA) is 182 Å². The summed E-state index contributed by atoms with van der Waals surface area (Å²) in [6, 6.07) is 19.2. The molecule has 0 saturated heterocycles. The van der Waals surface area contributed by atoms with Gasteiger partial charge in [-0.2, -0.15) is 29.8 Å². The first kappa shape index (κ1) is 38.8. The molecule has 15 heteroatoms. The molecule has 4 aromatic carbocycles. The number of anilines is 2. The van der Waals surface area contributed by atoms with Gasteiger partial charge in [0, 0.05) is 57.7 Å². The van der Waals surface area contributed by atoms with Gasteiger partial charge in [0.25, 0.3) is 20.2 Å². The lowest BCUT2D eigenvalue weighted by Crippen LogP contribution is -2.29. The molecular weight excluding hydrogens is 753 g/mol. The molecule has 0 unspecified atom stereocenters. The predicted octanol–water partition coefficient (Wildman–Crippen LogP) is 7.30. The lowest BCUT2D eigenvalue weighted by molar-refractivity contribution is 0.478. The summed E-state index contributed by atoms with van der Waals surface area (Å²) in [5.41, 5.74) is 6.66. The van der Waals surface area contributed by atoms with Crippen LogP contribution < -0.4 is 14.8 Å². The maximum absolute atomic E-state index is 13.2. The Labute approximate surface area is 314 Å². The van der Waals surface area contributed by atoms with Crippen LogP contribution in [0.25, 0.3) is 33.4 Å². The van der Waals surface area contributed by atoms with Gasteiger partial charge in [-0.25, -0.2) is 0 Å². The van der Waals surface area contributed by atoms with Gasteiger partial charge in [0.1, 0.15) is 28.2 Å². The molecule has 2 aliphatic rings. The van der Waals surface area contributed by atoms with E-state index >= 15 is 0 Å². The largest absolute Gasteiger partial charge is 0.456 e. The highest BCUT2D eigenvalue weighted by molar-refractivity contribution is 7.86. The van der Waals surface area contributed by atoms with Crippen molar-refractivity contribution >= 4 is 58.4 Å². The first-order chi connectivity index (χ1) is 25.0. The van der Waals surface area contributed by atoms with E-state index in [0.717, 1.165) is 28.4 Å². The lowest BCUT2D eigenvalue weighted by atomic mass is 9.93. The van der Waals surface area contributed by atoms with E-state index in [1.165, 1.54) is 55.8 Å². The molecule has 1 heterocycles. The van der Waals surface area contributed by atoms with Gasteiger partial charge >= 0.3 is 10.1 Å². The number of hydrogen-bond acceptors (Lipinski definition) is 8. The average Bonchev–Trinajstić information content (AvgIpc) is 3.04. The molecule has 0 amide bonds. The molecular formula is C39H39N2O10S3+. The highest BCUT2D eigenvalue weighted by atomic mass is 32.2.